The summed E-state index contributed by atoms with van der Waals surface area (Å²) in [6, 6.07) is 5.73. The number of carbonyl (C=O) groups excluding carboxylic acids is 9. The van der Waals surface area contributed by atoms with E-state index in [-0.39, 0.29) is 79.8 Å². The van der Waals surface area contributed by atoms with Crippen LogP contribution in [0, 0.1) is 23.7 Å². The van der Waals surface area contributed by atoms with Crippen molar-refractivity contribution in [2.24, 2.45) is 23.7 Å². The molecule has 1 aromatic rings. The fraction of sp³-hybridized carbons (Fsp3) is 0.625. The van der Waals surface area contributed by atoms with Gasteiger partial charge in [0.2, 0.25) is 47.3 Å². The lowest BCUT2D eigenvalue weighted by molar-refractivity contribution is -0.140. The molecule has 57 heavy (non-hydrogen) atoms. The van der Waals surface area contributed by atoms with Crippen LogP contribution in [0.25, 0.3) is 0 Å². The van der Waals surface area contributed by atoms with E-state index in [0.717, 1.165) is 5.56 Å². The molecule has 2 rings (SSSR count). The van der Waals surface area contributed by atoms with Gasteiger partial charge in [-0.15, -0.1) is 0 Å². The molecule has 1 aromatic carbocycles. The van der Waals surface area contributed by atoms with E-state index in [0.29, 0.717) is 25.8 Å². The summed E-state index contributed by atoms with van der Waals surface area (Å²) in [5, 5.41) is 15.2. The molecule has 0 aromatic heterocycles. The Balaban J connectivity index is 1.81. The number of ether oxygens (including phenoxy) is 1. The summed E-state index contributed by atoms with van der Waals surface area (Å²) in [7, 11) is 0. The maximum absolute atomic E-state index is 13.1. The molecular formula is C40H61N7O10. The van der Waals surface area contributed by atoms with Gasteiger partial charge >= 0.3 is 0 Å². The number of amides is 8. The Hall–Kier alpha value is -5.19. The van der Waals surface area contributed by atoms with Crippen LogP contribution in [0.3, 0.4) is 0 Å². The summed E-state index contributed by atoms with van der Waals surface area (Å²) in [6.07, 6.45) is 2.11. The molecule has 17 nitrogen and oxygen atoms in total. The van der Waals surface area contributed by atoms with Crippen LogP contribution in [-0.4, -0.2) is 109 Å². The lowest BCUT2D eigenvalue weighted by Gasteiger charge is -2.24. The number of imide groups is 1. The van der Waals surface area contributed by atoms with Crippen LogP contribution in [0.4, 0.5) is 0 Å². The summed E-state index contributed by atoms with van der Waals surface area (Å²) in [5.74, 6) is -4.69. The minimum atomic E-state index is -1.10. The third-order valence-electron chi connectivity index (χ3n) is 9.43. The average Bonchev–Trinajstić information content (AvgIpc) is 3.45. The minimum absolute atomic E-state index is 0.0859. The fourth-order valence-corrected chi connectivity index (χ4v) is 5.77. The molecule has 17 heteroatoms. The summed E-state index contributed by atoms with van der Waals surface area (Å²) in [4.78, 5) is 115. The number of nitrogens with zero attached hydrogens (tertiary/aromatic N) is 1. The Morgan fingerprint density at radius 1 is 0.737 bits per heavy atom. The Morgan fingerprint density at radius 3 is 2.00 bits per heavy atom. The molecule has 1 aliphatic rings. The number of hydrogen-bond donors (Lipinski definition) is 6. The van der Waals surface area contributed by atoms with Crippen molar-refractivity contribution in [3.05, 3.63) is 35.9 Å². The van der Waals surface area contributed by atoms with E-state index in [4.69, 9.17) is 4.74 Å². The molecule has 0 spiro atoms. The van der Waals surface area contributed by atoms with Crippen molar-refractivity contribution in [3.8, 4) is 0 Å². The summed E-state index contributed by atoms with van der Waals surface area (Å²) >= 11 is 0. The Labute approximate surface area is 334 Å². The first-order chi connectivity index (χ1) is 26.9. The number of ketones is 1. The van der Waals surface area contributed by atoms with Gasteiger partial charge in [-0.25, -0.2) is 0 Å². The second kappa shape index (κ2) is 24.4. The molecule has 0 saturated carbocycles. The predicted molar refractivity (Wildman–Crippen MR) is 209 cm³/mol. The molecule has 1 aliphatic heterocycles. The molecule has 1 saturated heterocycles. The molecule has 1 fully saturated rings. The van der Waals surface area contributed by atoms with E-state index >= 15 is 0 Å². The van der Waals surface area contributed by atoms with Crippen molar-refractivity contribution in [1.29, 1.82) is 0 Å². The van der Waals surface area contributed by atoms with E-state index in [1.807, 2.05) is 13.8 Å². The smallest absolute Gasteiger partial charge is 0.243 e. The van der Waals surface area contributed by atoms with Gasteiger partial charge in [0, 0.05) is 37.6 Å². The van der Waals surface area contributed by atoms with Crippen molar-refractivity contribution < 1.29 is 47.9 Å². The van der Waals surface area contributed by atoms with E-state index in [1.165, 1.54) is 11.8 Å². The van der Waals surface area contributed by atoms with E-state index < -0.39 is 60.8 Å². The molecule has 0 aliphatic carbocycles. The molecule has 8 amide bonds. The van der Waals surface area contributed by atoms with Crippen LogP contribution in [0.5, 0.6) is 0 Å². The van der Waals surface area contributed by atoms with Gasteiger partial charge in [0.1, 0.15) is 31.5 Å². The lowest BCUT2D eigenvalue weighted by Crippen LogP contribution is -2.55. The van der Waals surface area contributed by atoms with Gasteiger partial charge in [0.15, 0.2) is 5.78 Å². The molecule has 6 N–H and O–H groups in total. The second-order valence-electron chi connectivity index (χ2n) is 15.2. The quantitative estimate of drug-likeness (QED) is 0.0455. The van der Waals surface area contributed by atoms with Gasteiger partial charge in [-0.2, -0.15) is 0 Å². The first kappa shape index (κ1) is 48.0. The number of likely N-dealkylation sites (tertiary alicyclic amines) is 1. The van der Waals surface area contributed by atoms with Crippen LogP contribution in [-0.2, 0) is 54.3 Å². The molecule has 0 bridgehead atoms. The van der Waals surface area contributed by atoms with E-state index in [1.54, 1.807) is 58.0 Å². The molecule has 4 atom stereocenters. The zero-order valence-corrected chi connectivity index (χ0v) is 34.2. The third-order valence-corrected chi connectivity index (χ3v) is 9.43. The number of unbranched alkanes of at least 4 members (excludes halogenated alkanes) is 2. The van der Waals surface area contributed by atoms with Crippen molar-refractivity contribution in [2.45, 2.75) is 105 Å². The lowest BCUT2D eigenvalue weighted by atomic mass is 9.94. The van der Waals surface area contributed by atoms with Gasteiger partial charge in [-0.05, 0) is 37.2 Å². The third kappa shape index (κ3) is 17.2. The van der Waals surface area contributed by atoms with Gasteiger partial charge < -0.3 is 36.6 Å². The number of benzene rings is 1. The van der Waals surface area contributed by atoms with Gasteiger partial charge in [0.05, 0.1) is 13.1 Å². The maximum atomic E-state index is 13.1. The van der Waals surface area contributed by atoms with Crippen molar-refractivity contribution in [2.75, 3.05) is 33.0 Å². The highest BCUT2D eigenvalue weighted by molar-refractivity contribution is 6.03. The molecular weight excluding hydrogens is 738 g/mol. The first-order valence-corrected chi connectivity index (χ1v) is 19.6. The van der Waals surface area contributed by atoms with Crippen LogP contribution in [0.15, 0.2) is 30.3 Å². The van der Waals surface area contributed by atoms with E-state index in [2.05, 4.69) is 31.9 Å². The molecule has 1 unspecified atom stereocenters. The fourth-order valence-electron chi connectivity index (χ4n) is 5.77. The Morgan fingerprint density at radius 2 is 1.39 bits per heavy atom. The highest BCUT2D eigenvalue weighted by Gasteiger charge is 2.39. The summed E-state index contributed by atoms with van der Waals surface area (Å²) in [6.45, 7) is 11.2. The number of carbonyl (C=O) groups is 9. The maximum Gasteiger partial charge on any atom is 0.243 e. The number of nitrogens with one attached hydrogen (secondary N) is 6. The zero-order chi connectivity index (χ0) is 42.7. The SMILES string of the molecule is CC(C)C(=O)COCNC(=O)CNC(=O)[C@H](Cc1ccccc1)NC(=O)CNC(=O)[C@H](C)NC(=O)[C@@H](NC(=O)CCCCCN1C(=O)CC(C(C)C)C1=O)C(C)C. The second-order valence-corrected chi connectivity index (χ2v) is 15.2. The summed E-state index contributed by atoms with van der Waals surface area (Å²) in [5.41, 5.74) is 0.727. The highest BCUT2D eigenvalue weighted by atomic mass is 16.5. The van der Waals surface area contributed by atoms with Crippen molar-refractivity contribution in [3.63, 3.8) is 0 Å². The van der Waals surface area contributed by atoms with Gasteiger partial charge in [-0.1, -0.05) is 78.3 Å². The van der Waals surface area contributed by atoms with Gasteiger partial charge in [0.25, 0.3) is 0 Å². The normalized spacial score (nSPS) is 15.5. The van der Waals surface area contributed by atoms with Crippen LogP contribution in [0.1, 0.15) is 86.1 Å². The Bertz CT molecular complexity index is 1570. The summed E-state index contributed by atoms with van der Waals surface area (Å²) < 4.78 is 5.14. The largest absolute Gasteiger partial charge is 0.353 e. The minimum Gasteiger partial charge on any atom is -0.353 e. The van der Waals surface area contributed by atoms with Crippen LogP contribution in [0.2, 0.25) is 0 Å². The topological polar surface area (TPSA) is 238 Å². The van der Waals surface area contributed by atoms with E-state index in [9.17, 15) is 43.2 Å². The van der Waals surface area contributed by atoms with Crippen molar-refractivity contribution in [1.82, 2.24) is 36.8 Å². The predicted octanol–water partition coefficient (Wildman–Crippen LogP) is 0.499. The highest BCUT2D eigenvalue weighted by Crippen LogP contribution is 2.26. The van der Waals surface area contributed by atoms with Gasteiger partial charge in [-0.3, -0.25) is 48.1 Å². The molecule has 1 heterocycles. The Kier molecular flexibility index (Phi) is 20.6. The zero-order valence-electron chi connectivity index (χ0n) is 34.2. The monoisotopic (exact) mass is 799 g/mol. The number of Topliss-reactive ketones (excluding diaryl/α,β-unsaturated/α-hetero) is 1. The molecule has 316 valence electrons. The first-order valence-electron chi connectivity index (χ1n) is 19.6. The number of rotatable bonds is 25. The molecule has 0 radical (unpaired) electrons. The van der Waals surface area contributed by atoms with Crippen molar-refractivity contribution >= 4 is 53.0 Å². The van der Waals surface area contributed by atoms with Crippen LogP contribution < -0.4 is 31.9 Å². The van der Waals surface area contributed by atoms with Crippen LogP contribution >= 0.6 is 0 Å². The number of hydrogen-bond acceptors (Lipinski definition) is 10. The average molecular weight is 800 g/mol. The standard InChI is InChI=1S/C40H61N7O10/c1-24(2)29-19-35(52)47(40(29)56)17-13-9-12-16-32(49)46-36(26(5)6)39(55)44-27(7)37(53)41-21-34(51)45-30(18-28-14-10-8-11-15-28)38(54)42-20-33(50)43-23-57-22-31(48)25(3)4/h8,10-11,14-15,24-27,29-30,36H,9,12-13,16-23H2,1-7H3,(H,41,53)(H,42,54)(H,43,50)(H,44,55)(H,45,51)(H,46,49)/t27-,29?,30-,36-/m0/s1.